The van der Waals surface area contributed by atoms with E-state index in [0.29, 0.717) is 5.92 Å². The van der Waals surface area contributed by atoms with Crippen LogP contribution in [-0.4, -0.2) is 18.0 Å². The predicted octanol–water partition coefficient (Wildman–Crippen LogP) is 2.01. The van der Waals surface area contributed by atoms with E-state index in [1.807, 2.05) is 6.92 Å². The SMILES string of the molecule is CC(CO)CC1(C=O)CCC(C)C1. The number of aliphatic hydroxyl groups excluding tert-OH is 1. The minimum absolute atomic E-state index is 0.110. The molecule has 0 spiro atoms. The van der Waals surface area contributed by atoms with E-state index in [9.17, 15) is 4.79 Å². The zero-order valence-corrected chi connectivity index (χ0v) is 8.62. The van der Waals surface area contributed by atoms with Gasteiger partial charge < -0.3 is 9.90 Å². The van der Waals surface area contributed by atoms with Crippen LogP contribution in [0.3, 0.4) is 0 Å². The van der Waals surface area contributed by atoms with Crippen LogP contribution in [0.4, 0.5) is 0 Å². The first kappa shape index (κ1) is 10.7. The summed E-state index contributed by atoms with van der Waals surface area (Å²) in [5.74, 6) is 0.937. The summed E-state index contributed by atoms with van der Waals surface area (Å²) in [6.45, 7) is 4.41. The lowest BCUT2D eigenvalue weighted by atomic mass is 9.79. The summed E-state index contributed by atoms with van der Waals surface area (Å²) in [6.07, 6.45) is 5.18. The second-order valence-electron chi connectivity index (χ2n) is 4.82. The van der Waals surface area contributed by atoms with Gasteiger partial charge in [-0.3, -0.25) is 0 Å². The van der Waals surface area contributed by atoms with Crippen molar-refractivity contribution in [3.63, 3.8) is 0 Å². The Balaban J connectivity index is 2.55. The standard InChI is InChI=1S/C11H20O2/c1-9-3-4-11(5-9,8-13)6-10(2)7-12/h8-10,12H,3-7H2,1-2H3. The number of hydrogen-bond donors (Lipinski definition) is 1. The zero-order chi connectivity index (χ0) is 9.90. The minimum Gasteiger partial charge on any atom is -0.396 e. The maximum Gasteiger partial charge on any atom is 0.126 e. The highest BCUT2D eigenvalue weighted by Gasteiger charge is 2.37. The fourth-order valence-electron chi connectivity index (χ4n) is 2.53. The molecule has 1 N–H and O–H groups in total. The van der Waals surface area contributed by atoms with E-state index in [2.05, 4.69) is 6.92 Å². The van der Waals surface area contributed by atoms with E-state index < -0.39 is 0 Å². The van der Waals surface area contributed by atoms with E-state index in [1.165, 1.54) is 0 Å². The van der Waals surface area contributed by atoms with Gasteiger partial charge in [-0.2, -0.15) is 0 Å². The Kier molecular flexibility index (Phi) is 3.48. The van der Waals surface area contributed by atoms with Gasteiger partial charge in [0.05, 0.1) is 0 Å². The lowest BCUT2D eigenvalue weighted by Crippen LogP contribution is -2.23. The second-order valence-corrected chi connectivity index (χ2v) is 4.82. The molecular formula is C11H20O2. The Morgan fingerprint density at radius 1 is 1.69 bits per heavy atom. The molecule has 2 nitrogen and oxygen atoms in total. The van der Waals surface area contributed by atoms with Crippen molar-refractivity contribution in [2.45, 2.75) is 39.5 Å². The fourth-order valence-corrected chi connectivity index (χ4v) is 2.53. The summed E-state index contributed by atoms with van der Waals surface area (Å²) in [6, 6.07) is 0. The van der Waals surface area contributed by atoms with Crippen molar-refractivity contribution in [1.29, 1.82) is 0 Å². The van der Waals surface area contributed by atoms with Crippen molar-refractivity contribution in [1.82, 2.24) is 0 Å². The van der Waals surface area contributed by atoms with Gasteiger partial charge in [-0.1, -0.05) is 13.8 Å². The summed E-state index contributed by atoms with van der Waals surface area (Å²) in [4.78, 5) is 11.0. The molecule has 0 radical (unpaired) electrons. The summed E-state index contributed by atoms with van der Waals surface area (Å²) in [7, 11) is 0. The smallest absolute Gasteiger partial charge is 0.126 e. The number of carbonyl (C=O) groups is 1. The topological polar surface area (TPSA) is 37.3 Å². The number of carbonyl (C=O) groups excluding carboxylic acids is 1. The van der Waals surface area contributed by atoms with Gasteiger partial charge in [0.15, 0.2) is 0 Å². The van der Waals surface area contributed by atoms with Gasteiger partial charge in [-0.15, -0.1) is 0 Å². The normalized spacial score (nSPS) is 36.1. The first-order chi connectivity index (χ1) is 6.12. The molecule has 1 aliphatic rings. The fraction of sp³-hybridized carbons (Fsp3) is 0.909. The minimum atomic E-state index is -0.110. The third-order valence-corrected chi connectivity index (χ3v) is 3.21. The quantitative estimate of drug-likeness (QED) is 0.679. The zero-order valence-electron chi connectivity index (χ0n) is 8.62. The van der Waals surface area contributed by atoms with Gasteiger partial charge in [-0.25, -0.2) is 0 Å². The highest BCUT2D eigenvalue weighted by atomic mass is 16.3. The van der Waals surface area contributed by atoms with E-state index >= 15 is 0 Å². The van der Waals surface area contributed by atoms with Crippen LogP contribution >= 0.6 is 0 Å². The lowest BCUT2D eigenvalue weighted by molar-refractivity contribution is -0.117. The lowest BCUT2D eigenvalue weighted by Gasteiger charge is -2.25. The average molecular weight is 184 g/mol. The van der Waals surface area contributed by atoms with Gasteiger partial charge >= 0.3 is 0 Å². The van der Waals surface area contributed by atoms with E-state index in [1.54, 1.807) is 0 Å². The average Bonchev–Trinajstić information content (AvgIpc) is 2.48. The van der Waals surface area contributed by atoms with Crippen LogP contribution in [0.5, 0.6) is 0 Å². The molecule has 0 aromatic heterocycles. The molecule has 0 aromatic carbocycles. The Hall–Kier alpha value is -0.370. The molecule has 0 aromatic rings. The van der Waals surface area contributed by atoms with Crippen LogP contribution < -0.4 is 0 Å². The molecule has 1 saturated carbocycles. The molecule has 3 atom stereocenters. The first-order valence-corrected chi connectivity index (χ1v) is 5.19. The van der Waals surface area contributed by atoms with Crippen molar-refractivity contribution in [2.75, 3.05) is 6.61 Å². The molecule has 0 bridgehead atoms. The Labute approximate surface area is 80.3 Å². The molecule has 13 heavy (non-hydrogen) atoms. The van der Waals surface area contributed by atoms with Crippen LogP contribution in [0.25, 0.3) is 0 Å². The molecule has 3 unspecified atom stereocenters. The number of aliphatic hydroxyl groups is 1. The van der Waals surface area contributed by atoms with Gasteiger partial charge in [0, 0.05) is 12.0 Å². The molecule has 0 amide bonds. The van der Waals surface area contributed by atoms with Crippen LogP contribution in [-0.2, 0) is 4.79 Å². The largest absolute Gasteiger partial charge is 0.396 e. The Bertz CT molecular complexity index is 179. The summed E-state index contributed by atoms with van der Waals surface area (Å²) < 4.78 is 0. The van der Waals surface area contributed by atoms with Crippen molar-refractivity contribution in [2.24, 2.45) is 17.3 Å². The molecule has 1 fully saturated rings. The Morgan fingerprint density at radius 2 is 2.38 bits per heavy atom. The second kappa shape index (κ2) is 4.23. The molecule has 0 saturated heterocycles. The maximum absolute atomic E-state index is 11.0. The first-order valence-electron chi connectivity index (χ1n) is 5.19. The van der Waals surface area contributed by atoms with Crippen molar-refractivity contribution in [3.8, 4) is 0 Å². The highest BCUT2D eigenvalue weighted by molar-refractivity contribution is 5.60. The Morgan fingerprint density at radius 3 is 2.77 bits per heavy atom. The van der Waals surface area contributed by atoms with E-state index in [4.69, 9.17) is 5.11 Å². The molecule has 76 valence electrons. The van der Waals surface area contributed by atoms with Crippen LogP contribution in [0, 0.1) is 17.3 Å². The van der Waals surface area contributed by atoms with Gasteiger partial charge in [0.2, 0.25) is 0 Å². The number of aldehydes is 1. The molecule has 0 heterocycles. The molecule has 2 heteroatoms. The summed E-state index contributed by atoms with van der Waals surface area (Å²) in [5, 5.41) is 8.96. The third kappa shape index (κ3) is 2.53. The maximum atomic E-state index is 11.0. The van der Waals surface area contributed by atoms with Gasteiger partial charge in [0.1, 0.15) is 6.29 Å². The molecular weight excluding hydrogens is 164 g/mol. The van der Waals surface area contributed by atoms with Crippen LogP contribution in [0.15, 0.2) is 0 Å². The number of rotatable bonds is 4. The predicted molar refractivity (Wildman–Crippen MR) is 52.4 cm³/mol. The van der Waals surface area contributed by atoms with Gasteiger partial charge in [-0.05, 0) is 37.5 Å². The molecule has 1 aliphatic carbocycles. The van der Waals surface area contributed by atoms with Crippen molar-refractivity contribution in [3.05, 3.63) is 0 Å². The van der Waals surface area contributed by atoms with Crippen LogP contribution in [0.2, 0.25) is 0 Å². The summed E-state index contributed by atoms with van der Waals surface area (Å²) in [5.41, 5.74) is -0.110. The monoisotopic (exact) mass is 184 g/mol. The van der Waals surface area contributed by atoms with Crippen molar-refractivity contribution < 1.29 is 9.90 Å². The highest BCUT2D eigenvalue weighted by Crippen LogP contribution is 2.44. The van der Waals surface area contributed by atoms with E-state index in [-0.39, 0.29) is 17.9 Å². The van der Waals surface area contributed by atoms with Crippen molar-refractivity contribution >= 4 is 6.29 Å². The molecule has 0 aliphatic heterocycles. The molecule has 1 rings (SSSR count). The van der Waals surface area contributed by atoms with Crippen LogP contribution in [0.1, 0.15) is 39.5 Å². The summed E-state index contributed by atoms with van der Waals surface area (Å²) >= 11 is 0. The third-order valence-electron chi connectivity index (χ3n) is 3.21. The van der Waals surface area contributed by atoms with E-state index in [0.717, 1.165) is 32.0 Å². The number of hydrogen-bond acceptors (Lipinski definition) is 2. The van der Waals surface area contributed by atoms with Gasteiger partial charge in [0.25, 0.3) is 0 Å².